The highest BCUT2D eigenvalue weighted by molar-refractivity contribution is 5.94. The Hall–Kier alpha value is -4.07. The second-order valence-corrected chi connectivity index (χ2v) is 10.5. The Morgan fingerprint density at radius 3 is 2.92 bits per heavy atom. The third kappa shape index (κ3) is 3.92. The molecule has 0 saturated carbocycles. The van der Waals surface area contributed by atoms with Crippen molar-refractivity contribution in [3.05, 3.63) is 47.3 Å². The van der Waals surface area contributed by atoms with Gasteiger partial charge in [0.05, 0.1) is 30.3 Å². The van der Waals surface area contributed by atoms with Gasteiger partial charge in [0, 0.05) is 42.5 Å². The Kier molecular flexibility index (Phi) is 5.90. The normalized spacial score (nSPS) is 22.3. The molecule has 39 heavy (non-hydrogen) atoms. The summed E-state index contributed by atoms with van der Waals surface area (Å²) in [6.07, 6.45) is 5.47. The van der Waals surface area contributed by atoms with Gasteiger partial charge in [-0.3, -0.25) is 9.89 Å². The lowest BCUT2D eigenvalue weighted by molar-refractivity contribution is 0.0537. The van der Waals surface area contributed by atoms with E-state index in [0.29, 0.717) is 30.0 Å². The zero-order chi connectivity index (χ0) is 26.5. The topological polar surface area (TPSA) is 131 Å². The molecule has 7 rings (SSSR count). The summed E-state index contributed by atoms with van der Waals surface area (Å²) >= 11 is 0. The second-order valence-electron chi connectivity index (χ2n) is 10.5. The number of H-pyrrole nitrogens is 1. The molecule has 2 saturated heterocycles. The molecule has 5 heterocycles. The predicted octanol–water partition coefficient (Wildman–Crippen LogP) is 3.95. The summed E-state index contributed by atoms with van der Waals surface area (Å²) in [6.45, 7) is 2.30. The summed E-state index contributed by atoms with van der Waals surface area (Å²) in [7, 11) is 1.64. The van der Waals surface area contributed by atoms with Crippen LogP contribution in [-0.2, 0) is 11.2 Å². The van der Waals surface area contributed by atoms with Gasteiger partial charge in [-0.25, -0.2) is 9.67 Å². The highest BCUT2D eigenvalue weighted by Crippen LogP contribution is 2.42. The van der Waals surface area contributed by atoms with E-state index in [4.69, 9.17) is 19.6 Å². The van der Waals surface area contributed by atoms with Crippen LogP contribution >= 0.6 is 0 Å². The van der Waals surface area contributed by atoms with Crippen LogP contribution in [0.4, 0.5) is 0 Å². The van der Waals surface area contributed by atoms with Crippen molar-refractivity contribution in [2.75, 3.05) is 26.8 Å². The second kappa shape index (κ2) is 9.59. The van der Waals surface area contributed by atoms with Gasteiger partial charge in [-0.05, 0) is 49.8 Å². The summed E-state index contributed by atoms with van der Waals surface area (Å²) < 4.78 is 12.9. The minimum atomic E-state index is -0.463. The Labute approximate surface area is 225 Å². The lowest BCUT2D eigenvalue weighted by Crippen LogP contribution is -2.26. The smallest absolute Gasteiger partial charge is 0.275 e. The van der Waals surface area contributed by atoms with E-state index in [2.05, 4.69) is 21.6 Å². The number of aromatic nitrogens is 5. The molecule has 0 radical (unpaired) electrons. The number of aromatic amines is 1. The van der Waals surface area contributed by atoms with Gasteiger partial charge in [0.2, 0.25) is 0 Å². The maximum atomic E-state index is 13.2. The quantitative estimate of drug-likeness (QED) is 0.402. The molecule has 1 aliphatic carbocycles. The highest BCUT2D eigenvalue weighted by atomic mass is 16.5. The van der Waals surface area contributed by atoms with Gasteiger partial charge in [0.25, 0.3) is 5.91 Å². The van der Waals surface area contributed by atoms with Crippen molar-refractivity contribution in [2.24, 2.45) is 0 Å². The molecule has 2 N–H and O–H groups in total. The fourth-order valence-corrected chi connectivity index (χ4v) is 6.27. The van der Waals surface area contributed by atoms with E-state index in [1.54, 1.807) is 13.3 Å². The van der Waals surface area contributed by atoms with Crippen molar-refractivity contribution in [3.8, 4) is 34.3 Å². The van der Waals surface area contributed by atoms with E-state index in [-0.39, 0.29) is 17.7 Å². The molecule has 3 aromatic heterocycles. The number of fused-ring (bicyclic) bond motifs is 2. The lowest BCUT2D eigenvalue weighted by atomic mass is 9.96. The molecule has 3 atom stereocenters. The molecule has 198 valence electrons. The molecular weight excluding hydrogens is 494 g/mol. The third-order valence-corrected chi connectivity index (χ3v) is 8.28. The van der Waals surface area contributed by atoms with Crippen LogP contribution in [0.5, 0.6) is 5.75 Å². The number of methoxy groups -OCH3 is 1. The summed E-state index contributed by atoms with van der Waals surface area (Å²) in [5.74, 6) is 0.557. The summed E-state index contributed by atoms with van der Waals surface area (Å²) in [4.78, 5) is 18.3. The number of rotatable bonds is 5. The molecule has 2 aliphatic heterocycles. The van der Waals surface area contributed by atoms with E-state index in [1.807, 2.05) is 24.3 Å². The molecule has 1 aromatic carbocycles. The lowest BCUT2D eigenvalue weighted by Gasteiger charge is -2.13. The zero-order valence-corrected chi connectivity index (χ0v) is 21.7. The Bertz CT molecular complexity index is 1620. The number of benzene rings is 1. The molecule has 2 unspecified atom stereocenters. The highest BCUT2D eigenvalue weighted by Gasteiger charge is 2.32. The Balaban J connectivity index is 1.38. The first kappa shape index (κ1) is 24.0. The van der Waals surface area contributed by atoms with Gasteiger partial charge in [0.1, 0.15) is 28.8 Å². The molecule has 0 spiro atoms. The summed E-state index contributed by atoms with van der Waals surface area (Å²) in [5, 5.41) is 25.6. The van der Waals surface area contributed by atoms with Gasteiger partial charge in [0.15, 0.2) is 0 Å². The number of hydrogen-bond acceptors (Lipinski definition) is 8. The number of nitrogens with one attached hydrogen (secondary N) is 2. The zero-order valence-electron chi connectivity index (χ0n) is 21.7. The van der Waals surface area contributed by atoms with Crippen molar-refractivity contribution < 1.29 is 14.3 Å². The van der Waals surface area contributed by atoms with Crippen LogP contribution in [-0.4, -0.2) is 63.8 Å². The first-order chi connectivity index (χ1) is 19.2. The summed E-state index contributed by atoms with van der Waals surface area (Å²) in [5.41, 5.74) is 7.63. The number of carbonyl (C=O) groups is 1. The van der Waals surface area contributed by atoms with E-state index < -0.39 is 6.10 Å². The number of ether oxygens (including phenoxy) is 2. The van der Waals surface area contributed by atoms with E-state index in [0.717, 1.165) is 77.9 Å². The van der Waals surface area contributed by atoms with E-state index in [9.17, 15) is 10.1 Å². The number of pyridine rings is 1. The van der Waals surface area contributed by atoms with Crippen LogP contribution in [0.3, 0.4) is 0 Å². The SMILES string of the molecule is COc1cc2[nH]nc(-c3cn(C(=O)[C@@H]4CCCO4)nc3C3CCNC3)c2nc1-c1cccc2c1CCC2C#N. The van der Waals surface area contributed by atoms with Gasteiger partial charge >= 0.3 is 0 Å². The first-order valence-corrected chi connectivity index (χ1v) is 13.6. The fraction of sp³-hybridized carbons (Fsp3) is 0.414. The van der Waals surface area contributed by atoms with Crippen LogP contribution in [0.1, 0.15) is 59.1 Å². The fourth-order valence-electron chi connectivity index (χ4n) is 6.27. The minimum Gasteiger partial charge on any atom is -0.494 e. The van der Waals surface area contributed by atoms with Crippen LogP contribution in [0.25, 0.3) is 33.5 Å². The third-order valence-electron chi connectivity index (χ3n) is 8.28. The largest absolute Gasteiger partial charge is 0.494 e. The Morgan fingerprint density at radius 1 is 1.23 bits per heavy atom. The number of nitriles is 1. The molecule has 0 bridgehead atoms. The standard InChI is InChI=1S/C29H29N7O3/c1-38-24-12-22-28(32-26(24)20-5-2-4-18-16(13-30)7-8-19(18)20)27(34-33-22)21-15-36(29(37)23-6-3-11-39-23)35-25(21)17-9-10-31-14-17/h2,4-5,12,15-17,23,31H,3,6-11,14H2,1H3,(H,33,34)/t16?,17?,23-/m0/s1. The first-order valence-electron chi connectivity index (χ1n) is 13.6. The van der Waals surface area contributed by atoms with Gasteiger partial charge in [-0.2, -0.15) is 15.5 Å². The van der Waals surface area contributed by atoms with Crippen molar-refractivity contribution in [3.63, 3.8) is 0 Å². The van der Waals surface area contributed by atoms with Gasteiger partial charge < -0.3 is 14.8 Å². The molecule has 2 fully saturated rings. The van der Waals surface area contributed by atoms with Crippen LogP contribution in [0.2, 0.25) is 0 Å². The summed E-state index contributed by atoms with van der Waals surface area (Å²) in [6, 6.07) is 10.4. The minimum absolute atomic E-state index is 0.103. The number of nitrogens with zero attached hydrogens (tertiary/aromatic N) is 5. The van der Waals surface area contributed by atoms with Crippen molar-refractivity contribution in [1.82, 2.24) is 30.3 Å². The number of carbonyl (C=O) groups excluding carboxylic acids is 1. The van der Waals surface area contributed by atoms with Crippen molar-refractivity contribution in [2.45, 2.75) is 50.0 Å². The average molecular weight is 524 g/mol. The van der Waals surface area contributed by atoms with Gasteiger partial charge in [-0.15, -0.1) is 0 Å². The molecular formula is C29H29N7O3. The maximum absolute atomic E-state index is 13.2. The van der Waals surface area contributed by atoms with Crippen molar-refractivity contribution in [1.29, 1.82) is 5.26 Å². The molecule has 10 nitrogen and oxygen atoms in total. The molecule has 3 aliphatic rings. The van der Waals surface area contributed by atoms with Crippen LogP contribution in [0, 0.1) is 11.3 Å². The van der Waals surface area contributed by atoms with Crippen molar-refractivity contribution >= 4 is 16.9 Å². The monoisotopic (exact) mass is 523 g/mol. The Morgan fingerprint density at radius 2 is 2.15 bits per heavy atom. The molecule has 0 amide bonds. The maximum Gasteiger partial charge on any atom is 0.275 e. The van der Waals surface area contributed by atoms with Crippen LogP contribution in [0.15, 0.2) is 30.5 Å². The predicted molar refractivity (Wildman–Crippen MR) is 144 cm³/mol. The molecule has 10 heteroatoms. The van der Waals surface area contributed by atoms with E-state index in [1.165, 1.54) is 4.68 Å². The average Bonchev–Trinajstić information content (AvgIpc) is 3.79. The molecule has 4 aromatic rings. The van der Waals surface area contributed by atoms with E-state index >= 15 is 0 Å². The van der Waals surface area contributed by atoms with Crippen LogP contribution < -0.4 is 10.1 Å². The van der Waals surface area contributed by atoms with Gasteiger partial charge in [-0.1, -0.05) is 18.2 Å². The number of hydrogen-bond donors (Lipinski definition) is 2.